The zero-order valence-electron chi connectivity index (χ0n) is 20.0. The van der Waals surface area contributed by atoms with Gasteiger partial charge >= 0.3 is 17.7 Å². The van der Waals surface area contributed by atoms with Crippen LogP contribution in [0, 0.1) is 17.0 Å². The number of rotatable bonds is 7. The molecule has 15 heteroatoms. The van der Waals surface area contributed by atoms with Crippen LogP contribution >= 0.6 is 11.3 Å². The number of hydrogen-bond acceptors (Lipinski definition) is 8. The highest BCUT2D eigenvalue weighted by Crippen LogP contribution is 2.44. The van der Waals surface area contributed by atoms with Crippen molar-refractivity contribution in [1.29, 1.82) is 0 Å². The molecule has 2 amide bonds. The van der Waals surface area contributed by atoms with E-state index in [4.69, 9.17) is 10.5 Å². The number of primary amides is 1. The summed E-state index contributed by atoms with van der Waals surface area (Å²) in [4.78, 5) is 39.3. The highest BCUT2D eigenvalue weighted by molar-refractivity contribution is 7.21. The molecule has 0 aliphatic carbocycles. The Balaban J connectivity index is 1.88. The fraction of sp³-hybridized carbons (Fsp3) is 0.217. The number of carbonyl (C=O) groups is 2. The van der Waals surface area contributed by atoms with E-state index in [2.05, 4.69) is 15.4 Å². The van der Waals surface area contributed by atoms with Gasteiger partial charge in [-0.2, -0.15) is 13.2 Å². The Morgan fingerprint density at radius 1 is 1.26 bits per heavy atom. The van der Waals surface area contributed by atoms with Crippen LogP contribution in [0.5, 0.6) is 5.88 Å². The average molecular weight is 549 g/mol. The molecule has 0 bridgehead atoms. The van der Waals surface area contributed by atoms with Gasteiger partial charge in [0.1, 0.15) is 27.6 Å². The number of ether oxygens (including phenoxy) is 1. The normalized spacial score (nSPS) is 12.4. The number of halogens is 3. The highest BCUT2D eigenvalue weighted by Gasteiger charge is 2.35. The lowest BCUT2D eigenvalue weighted by Gasteiger charge is -2.15. The monoisotopic (exact) mass is 548 g/mol. The third kappa shape index (κ3) is 4.87. The van der Waals surface area contributed by atoms with Crippen molar-refractivity contribution < 1.29 is 32.4 Å². The molecule has 198 valence electrons. The van der Waals surface area contributed by atoms with E-state index < -0.39 is 40.3 Å². The Kier molecular flexibility index (Phi) is 6.80. The van der Waals surface area contributed by atoms with Gasteiger partial charge in [0.2, 0.25) is 5.91 Å². The molecule has 0 saturated heterocycles. The molecule has 38 heavy (non-hydrogen) atoms. The third-order valence-corrected chi connectivity index (χ3v) is 6.73. The number of methoxy groups -OCH3 is 1. The molecule has 1 unspecified atom stereocenters. The molecule has 0 radical (unpaired) electrons. The number of nitrogens with two attached hydrogens (primary N) is 1. The zero-order chi connectivity index (χ0) is 27.9. The van der Waals surface area contributed by atoms with Crippen molar-refractivity contribution in [2.45, 2.75) is 26.1 Å². The van der Waals surface area contributed by atoms with Crippen LogP contribution in [0.15, 0.2) is 36.5 Å². The summed E-state index contributed by atoms with van der Waals surface area (Å²) in [5.41, 5.74) is 5.06. The van der Waals surface area contributed by atoms with Crippen LogP contribution < -0.4 is 15.8 Å². The lowest BCUT2D eigenvalue weighted by atomic mass is 10.00. The van der Waals surface area contributed by atoms with Crippen molar-refractivity contribution in [3.8, 4) is 17.0 Å². The average Bonchev–Trinajstić information content (AvgIpc) is 3.45. The number of pyridine rings is 1. The van der Waals surface area contributed by atoms with E-state index in [-0.39, 0.29) is 32.2 Å². The number of aromatic nitrogens is 3. The summed E-state index contributed by atoms with van der Waals surface area (Å²) in [6.45, 7) is 3.19. The van der Waals surface area contributed by atoms with Gasteiger partial charge in [0.15, 0.2) is 0 Å². The molecule has 3 N–H and O–H groups in total. The van der Waals surface area contributed by atoms with Gasteiger partial charge in [-0.05, 0) is 31.0 Å². The standard InChI is InChI=1S/C23H19F3N6O5S/c1-10-4-6-12(7-5-10)13-8-15(23(24,25)26)28-22-16(13)17(18(38-22)19(27)33)29-20(34)11(2)31-9-14(32(35)36)21(30-31)37-3/h4-9,11H,1-3H3,(H2,27,33)(H,29,34). The molecule has 11 nitrogen and oxygen atoms in total. The number of benzene rings is 1. The predicted molar refractivity (Wildman–Crippen MR) is 132 cm³/mol. The van der Waals surface area contributed by atoms with E-state index in [1.807, 2.05) is 6.92 Å². The Hall–Kier alpha value is -4.53. The largest absolute Gasteiger partial charge is 0.475 e. The number of aryl methyl sites for hydroxylation is 1. The van der Waals surface area contributed by atoms with Gasteiger partial charge in [-0.1, -0.05) is 29.8 Å². The second-order valence-electron chi connectivity index (χ2n) is 8.20. The summed E-state index contributed by atoms with van der Waals surface area (Å²) in [5, 5.41) is 17.8. The minimum absolute atomic E-state index is 0.0745. The van der Waals surface area contributed by atoms with Gasteiger partial charge in [0.05, 0.1) is 17.7 Å². The number of thiophene rings is 1. The van der Waals surface area contributed by atoms with Crippen LogP contribution in [0.2, 0.25) is 0 Å². The van der Waals surface area contributed by atoms with Crippen LogP contribution in [0.4, 0.5) is 24.5 Å². The topological polar surface area (TPSA) is 155 Å². The maximum absolute atomic E-state index is 13.7. The van der Waals surface area contributed by atoms with E-state index >= 15 is 0 Å². The van der Waals surface area contributed by atoms with E-state index in [1.165, 1.54) is 14.0 Å². The predicted octanol–water partition coefficient (Wildman–Crippen LogP) is 4.70. The van der Waals surface area contributed by atoms with Crippen LogP contribution in [0.3, 0.4) is 0 Å². The number of amides is 2. The molecule has 0 saturated carbocycles. The fourth-order valence-corrected chi connectivity index (χ4v) is 4.69. The molecular formula is C23H19F3N6O5S. The zero-order valence-corrected chi connectivity index (χ0v) is 20.8. The van der Waals surface area contributed by atoms with Gasteiger partial charge in [-0.25, -0.2) is 9.67 Å². The molecule has 0 fully saturated rings. The van der Waals surface area contributed by atoms with Crippen molar-refractivity contribution in [3.63, 3.8) is 0 Å². The van der Waals surface area contributed by atoms with Crippen LogP contribution in [-0.4, -0.2) is 38.6 Å². The third-order valence-electron chi connectivity index (χ3n) is 5.63. The number of carbonyl (C=O) groups excluding carboxylic acids is 2. The fourth-order valence-electron chi connectivity index (χ4n) is 3.68. The van der Waals surface area contributed by atoms with E-state index in [1.54, 1.807) is 24.3 Å². The van der Waals surface area contributed by atoms with Crippen molar-refractivity contribution >= 4 is 44.7 Å². The summed E-state index contributed by atoms with van der Waals surface area (Å²) in [7, 11) is 1.18. The van der Waals surface area contributed by atoms with Crippen molar-refractivity contribution in [3.05, 3.63) is 62.8 Å². The van der Waals surface area contributed by atoms with E-state index in [9.17, 15) is 32.9 Å². The van der Waals surface area contributed by atoms with E-state index in [0.29, 0.717) is 16.9 Å². The molecule has 1 atom stereocenters. The summed E-state index contributed by atoms with van der Waals surface area (Å²) in [6, 6.07) is 6.30. The smallest absolute Gasteiger partial charge is 0.433 e. The number of hydrogen-bond donors (Lipinski definition) is 2. The number of anilines is 1. The van der Waals surface area contributed by atoms with Gasteiger partial charge in [0.25, 0.3) is 5.91 Å². The number of nitrogens with zero attached hydrogens (tertiary/aromatic N) is 4. The van der Waals surface area contributed by atoms with Gasteiger partial charge < -0.3 is 15.8 Å². The maximum Gasteiger partial charge on any atom is 0.433 e. The molecule has 3 aromatic heterocycles. The quantitative estimate of drug-likeness (QED) is 0.250. The van der Waals surface area contributed by atoms with Gasteiger partial charge in [-0.3, -0.25) is 19.7 Å². The van der Waals surface area contributed by atoms with Crippen molar-refractivity contribution in [2.75, 3.05) is 12.4 Å². The maximum atomic E-state index is 13.7. The highest BCUT2D eigenvalue weighted by atomic mass is 32.1. The summed E-state index contributed by atoms with van der Waals surface area (Å²) < 4.78 is 46.9. The Morgan fingerprint density at radius 2 is 1.92 bits per heavy atom. The molecular weight excluding hydrogens is 529 g/mol. The first-order chi connectivity index (χ1) is 17.8. The molecule has 0 aliphatic heterocycles. The van der Waals surface area contributed by atoms with Crippen LogP contribution in [0.1, 0.15) is 33.9 Å². The Bertz CT molecular complexity index is 1580. The first kappa shape index (κ1) is 26.5. The molecule has 0 aliphatic rings. The first-order valence-electron chi connectivity index (χ1n) is 10.8. The number of nitrogens with one attached hydrogen (secondary N) is 1. The Morgan fingerprint density at radius 3 is 2.45 bits per heavy atom. The SMILES string of the molecule is COc1nn(C(C)C(=O)Nc2c(C(N)=O)sc3nc(C(F)(F)F)cc(-c4ccc(C)cc4)c23)cc1[N+](=O)[O-]. The lowest BCUT2D eigenvalue weighted by Crippen LogP contribution is -2.25. The number of nitro groups is 1. The first-order valence-corrected chi connectivity index (χ1v) is 11.6. The molecule has 3 heterocycles. The molecule has 4 rings (SSSR count). The summed E-state index contributed by atoms with van der Waals surface area (Å²) >= 11 is 0.606. The van der Waals surface area contributed by atoms with Gasteiger partial charge in [-0.15, -0.1) is 16.4 Å². The number of fused-ring (bicyclic) bond motifs is 1. The molecule has 1 aromatic carbocycles. The number of alkyl halides is 3. The van der Waals surface area contributed by atoms with Crippen LogP contribution in [0.25, 0.3) is 21.3 Å². The van der Waals surface area contributed by atoms with Crippen LogP contribution in [-0.2, 0) is 11.0 Å². The summed E-state index contributed by atoms with van der Waals surface area (Å²) in [5.74, 6) is -2.09. The Labute approximate surface area is 216 Å². The second kappa shape index (κ2) is 9.74. The second-order valence-corrected chi connectivity index (χ2v) is 9.19. The minimum Gasteiger partial charge on any atom is -0.475 e. The minimum atomic E-state index is -4.78. The molecule has 4 aromatic rings. The van der Waals surface area contributed by atoms with E-state index in [0.717, 1.165) is 22.5 Å². The van der Waals surface area contributed by atoms with Crippen molar-refractivity contribution in [2.24, 2.45) is 5.73 Å². The van der Waals surface area contributed by atoms with Crippen molar-refractivity contribution in [1.82, 2.24) is 14.8 Å². The molecule has 0 spiro atoms. The lowest BCUT2D eigenvalue weighted by molar-refractivity contribution is -0.385. The van der Waals surface area contributed by atoms with Gasteiger partial charge in [0, 0.05) is 5.39 Å². The summed E-state index contributed by atoms with van der Waals surface area (Å²) in [6.07, 6.45) is -3.78.